The average molecular weight is 404 g/mol. The van der Waals surface area contributed by atoms with Crippen molar-refractivity contribution in [2.45, 2.75) is 97.8 Å². The number of carbonyl (C=O) groups excluding carboxylic acids is 1. The zero-order chi connectivity index (χ0) is 20.8. The van der Waals surface area contributed by atoms with E-state index in [2.05, 4.69) is 20.8 Å². The Balaban J connectivity index is 1.44. The second kappa shape index (κ2) is 8.17. The minimum absolute atomic E-state index is 0.117. The van der Waals surface area contributed by atoms with Gasteiger partial charge in [-0.2, -0.15) is 0 Å². The summed E-state index contributed by atoms with van der Waals surface area (Å²) in [5, 5.41) is 1.39. The van der Waals surface area contributed by atoms with Gasteiger partial charge in [0.25, 0.3) is 0 Å². The lowest BCUT2D eigenvalue weighted by Gasteiger charge is -2.61. The van der Waals surface area contributed by atoms with E-state index in [1.54, 1.807) is 14.2 Å². The molecule has 0 aromatic heterocycles. The number of carbonyl (C=O) groups is 1. The van der Waals surface area contributed by atoms with Crippen molar-refractivity contribution in [1.29, 1.82) is 0 Å². The van der Waals surface area contributed by atoms with Crippen molar-refractivity contribution in [3.8, 4) is 0 Å². The van der Waals surface area contributed by atoms with Crippen molar-refractivity contribution in [2.75, 3.05) is 14.2 Å². The highest BCUT2D eigenvalue weighted by atomic mass is 16.7. The van der Waals surface area contributed by atoms with Crippen LogP contribution in [0.1, 0.15) is 97.8 Å². The molecule has 4 saturated carbocycles. The topological polar surface area (TPSA) is 29.5 Å². The zero-order valence-electron chi connectivity index (χ0n) is 19.7. The van der Waals surface area contributed by atoms with Gasteiger partial charge in [0.1, 0.15) is 0 Å². The summed E-state index contributed by atoms with van der Waals surface area (Å²) in [6.45, 7) is 7.74. The van der Waals surface area contributed by atoms with Crippen LogP contribution in [0.3, 0.4) is 0 Å². The number of rotatable bonds is 5. The first-order chi connectivity index (χ1) is 13.8. The summed E-state index contributed by atoms with van der Waals surface area (Å²) in [6.07, 6.45) is 16.3. The third kappa shape index (κ3) is 3.58. The van der Waals surface area contributed by atoms with Crippen molar-refractivity contribution >= 4 is 5.91 Å². The van der Waals surface area contributed by atoms with Gasteiger partial charge in [-0.05, 0) is 104 Å². The predicted octanol–water partition coefficient (Wildman–Crippen LogP) is 6.47. The fraction of sp³-hybridized carbons (Fsp3) is 0.962. The second-order valence-electron chi connectivity index (χ2n) is 11.7. The van der Waals surface area contributed by atoms with E-state index in [9.17, 15) is 4.79 Å². The first kappa shape index (κ1) is 21.7. The lowest BCUT2D eigenvalue weighted by atomic mass is 9.44. The molecular formula is C26H45NO2. The van der Waals surface area contributed by atoms with Crippen molar-refractivity contribution < 1.29 is 9.63 Å². The molecule has 0 radical (unpaired) electrons. The SMILES string of the molecule is CON(C)C(=O)CC[C@@H](C)[C@H]1CC[C@H]2[C@@H]3CC[C@@H]4CCCC[C@]4(C)[C@H]3CC[C@]12C. The van der Waals surface area contributed by atoms with Crippen LogP contribution in [0, 0.1) is 46.3 Å². The molecule has 0 aromatic rings. The number of hydroxylamine groups is 2. The molecule has 4 rings (SSSR count). The number of hydrogen-bond acceptors (Lipinski definition) is 2. The van der Waals surface area contributed by atoms with Crippen LogP contribution in [-0.4, -0.2) is 25.1 Å². The Kier molecular flexibility index (Phi) is 6.10. The summed E-state index contributed by atoms with van der Waals surface area (Å²) in [4.78, 5) is 17.3. The van der Waals surface area contributed by atoms with Gasteiger partial charge in [0.15, 0.2) is 0 Å². The Morgan fingerprint density at radius 1 is 1.00 bits per heavy atom. The van der Waals surface area contributed by atoms with Gasteiger partial charge in [0.05, 0.1) is 7.11 Å². The van der Waals surface area contributed by atoms with Gasteiger partial charge in [-0.3, -0.25) is 9.63 Å². The van der Waals surface area contributed by atoms with E-state index in [4.69, 9.17) is 4.84 Å². The molecule has 8 atom stereocenters. The predicted molar refractivity (Wildman–Crippen MR) is 118 cm³/mol. The largest absolute Gasteiger partial charge is 0.275 e. The molecule has 3 heteroatoms. The molecule has 0 aliphatic heterocycles. The lowest BCUT2D eigenvalue weighted by molar-refractivity contribution is -0.169. The van der Waals surface area contributed by atoms with Crippen LogP contribution in [0.4, 0.5) is 0 Å². The maximum Gasteiger partial charge on any atom is 0.245 e. The smallest absolute Gasteiger partial charge is 0.245 e. The quantitative estimate of drug-likeness (QED) is 0.492. The Bertz CT molecular complexity index is 606. The minimum Gasteiger partial charge on any atom is -0.275 e. The van der Waals surface area contributed by atoms with Gasteiger partial charge in [-0.1, -0.05) is 33.6 Å². The molecule has 1 amide bonds. The fourth-order valence-corrected chi connectivity index (χ4v) is 9.08. The van der Waals surface area contributed by atoms with Gasteiger partial charge >= 0.3 is 0 Å². The highest BCUT2D eigenvalue weighted by molar-refractivity contribution is 5.74. The van der Waals surface area contributed by atoms with Gasteiger partial charge in [0, 0.05) is 13.5 Å². The van der Waals surface area contributed by atoms with Crippen LogP contribution in [0.2, 0.25) is 0 Å². The van der Waals surface area contributed by atoms with Gasteiger partial charge in [0.2, 0.25) is 5.91 Å². The second-order valence-corrected chi connectivity index (χ2v) is 11.7. The van der Waals surface area contributed by atoms with Gasteiger partial charge in [-0.15, -0.1) is 0 Å². The highest BCUT2D eigenvalue weighted by Crippen LogP contribution is 2.68. The lowest BCUT2D eigenvalue weighted by Crippen LogP contribution is -2.53. The maximum absolute atomic E-state index is 12.2. The molecule has 29 heavy (non-hydrogen) atoms. The molecule has 4 aliphatic rings. The normalized spacial score (nSPS) is 45.1. The molecule has 3 nitrogen and oxygen atoms in total. The van der Waals surface area contributed by atoms with Crippen molar-refractivity contribution in [3.05, 3.63) is 0 Å². The third-order valence-electron chi connectivity index (χ3n) is 10.8. The molecule has 0 spiro atoms. The van der Waals surface area contributed by atoms with E-state index in [0.29, 0.717) is 23.2 Å². The Morgan fingerprint density at radius 3 is 2.52 bits per heavy atom. The molecule has 0 unspecified atom stereocenters. The van der Waals surface area contributed by atoms with Crippen LogP contribution in [-0.2, 0) is 9.63 Å². The summed E-state index contributed by atoms with van der Waals surface area (Å²) in [6, 6.07) is 0. The van der Waals surface area contributed by atoms with Crippen molar-refractivity contribution in [2.24, 2.45) is 46.3 Å². The van der Waals surface area contributed by atoms with E-state index in [-0.39, 0.29) is 5.91 Å². The molecular weight excluding hydrogens is 358 g/mol. The van der Waals surface area contributed by atoms with E-state index in [1.165, 1.54) is 69.3 Å². The number of hydrogen-bond donors (Lipinski definition) is 0. The number of amides is 1. The van der Waals surface area contributed by atoms with Gasteiger partial charge in [-0.25, -0.2) is 5.06 Å². The molecule has 0 saturated heterocycles. The summed E-state index contributed by atoms with van der Waals surface area (Å²) in [7, 11) is 3.30. The molecule has 0 heterocycles. The minimum atomic E-state index is 0.117. The molecule has 4 fully saturated rings. The molecule has 166 valence electrons. The van der Waals surface area contributed by atoms with Crippen molar-refractivity contribution in [3.63, 3.8) is 0 Å². The molecule has 0 N–H and O–H groups in total. The zero-order valence-corrected chi connectivity index (χ0v) is 19.7. The molecule has 0 aromatic carbocycles. The van der Waals surface area contributed by atoms with Crippen LogP contribution in [0.25, 0.3) is 0 Å². The molecule has 0 bridgehead atoms. The van der Waals surface area contributed by atoms with Crippen LogP contribution < -0.4 is 0 Å². The van der Waals surface area contributed by atoms with E-state index in [0.717, 1.165) is 36.0 Å². The van der Waals surface area contributed by atoms with Crippen LogP contribution in [0.5, 0.6) is 0 Å². The summed E-state index contributed by atoms with van der Waals surface area (Å²) < 4.78 is 0. The van der Waals surface area contributed by atoms with Gasteiger partial charge < -0.3 is 0 Å². The maximum atomic E-state index is 12.2. The summed E-state index contributed by atoms with van der Waals surface area (Å²) in [5.74, 6) is 5.47. The van der Waals surface area contributed by atoms with E-state index < -0.39 is 0 Å². The first-order valence-electron chi connectivity index (χ1n) is 12.6. The summed E-state index contributed by atoms with van der Waals surface area (Å²) >= 11 is 0. The first-order valence-corrected chi connectivity index (χ1v) is 12.6. The van der Waals surface area contributed by atoms with Crippen LogP contribution in [0.15, 0.2) is 0 Å². The third-order valence-corrected chi connectivity index (χ3v) is 10.8. The number of fused-ring (bicyclic) bond motifs is 5. The standard InChI is InChI=1S/C26H45NO2/c1-18(9-14-24(28)27(4)29-5)21-12-13-22-20-11-10-19-8-6-7-16-25(19,2)23(20)15-17-26(21,22)3/h18-23H,6-17H2,1-5H3/t18-,19+,20+,21-,22+,23+,25+,26-/m1/s1. The average Bonchev–Trinajstić information content (AvgIpc) is 3.08. The van der Waals surface area contributed by atoms with Crippen LogP contribution >= 0.6 is 0 Å². The highest BCUT2D eigenvalue weighted by Gasteiger charge is 2.60. The van der Waals surface area contributed by atoms with E-state index in [1.807, 2.05) is 0 Å². The Hall–Kier alpha value is -0.570. The monoisotopic (exact) mass is 403 g/mol. The number of nitrogens with zero attached hydrogens (tertiary/aromatic N) is 1. The Morgan fingerprint density at radius 2 is 1.76 bits per heavy atom. The Labute approximate surface area is 179 Å². The fourth-order valence-electron chi connectivity index (χ4n) is 9.08. The molecule has 4 aliphatic carbocycles. The van der Waals surface area contributed by atoms with Crippen molar-refractivity contribution in [1.82, 2.24) is 5.06 Å². The summed E-state index contributed by atoms with van der Waals surface area (Å²) in [5.41, 5.74) is 1.15. The van der Waals surface area contributed by atoms with E-state index >= 15 is 0 Å².